The van der Waals surface area contributed by atoms with Crippen molar-refractivity contribution in [3.05, 3.63) is 88.6 Å². The maximum atomic E-state index is 13.1. The molecule has 0 atom stereocenters. The fraction of sp³-hybridized carbons (Fsp3) is 0.346. The van der Waals surface area contributed by atoms with Crippen LogP contribution in [0.3, 0.4) is 0 Å². The molecule has 0 aliphatic carbocycles. The summed E-state index contributed by atoms with van der Waals surface area (Å²) in [5.41, 5.74) is 2.68. The van der Waals surface area contributed by atoms with Crippen molar-refractivity contribution in [2.45, 2.75) is 52.6 Å². The van der Waals surface area contributed by atoms with E-state index < -0.39 is 5.91 Å². The number of aromatic nitrogens is 1. The predicted octanol–water partition coefficient (Wildman–Crippen LogP) is 5.09. The number of nitrogens with zero attached hydrogens (tertiary/aromatic N) is 2. The molecule has 1 heterocycles. The van der Waals surface area contributed by atoms with Crippen LogP contribution in [0.15, 0.2) is 59.1 Å². The Labute approximate surface area is 193 Å². The maximum absolute atomic E-state index is 13.1. The summed E-state index contributed by atoms with van der Waals surface area (Å²) in [7, 11) is 0. The number of hydrogen-bond acceptors (Lipinski definition) is 4. The molecular weight excluding hydrogens is 421 g/mol. The zero-order valence-corrected chi connectivity index (χ0v) is 19.5. The van der Waals surface area contributed by atoms with E-state index in [2.05, 4.69) is 31.2 Å². The van der Waals surface area contributed by atoms with E-state index >= 15 is 0 Å². The third-order valence-corrected chi connectivity index (χ3v) is 5.28. The molecule has 2 amide bonds. The minimum absolute atomic E-state index is 0.0121. The number of hydrogen-bond donors (Lipinski definition) is 1. The van der Waals surface area contributed by atoms with Gasteiger partial charge in [-0.15, -0.1) is 0 Å². The second kappa shape index (κ2) is 10.4. The molecule has 0 radical (unpaired) electrons. The van der Waals surface area contributed by atoms with E-state index in [4.69, 9.17) is 4.52 Å². The highest BCUT2D eigenvalue weighted by molar-refractivity contribution is 5.94. The van der Waals surface area contributed by atoms with Crippen molar-refractivity contribution in [3.8, 4) is 0 Å². The summed E-state index contributed by atoms with van der Waals surface area (Å²) in [5.74, 6) is -0.408. The molecule has 3 rings (SSSR count). The lowest BCUT2D eigenvalue weighted by molar-refractivity contribution is 0.0727. The number of carbonyl (C=O) groups is 2. The lowest BCUT2D eigenvalue weighted by atomic mass is 9.86. The molecule has 0 unspecified atom stereocenters. The van der Waals surface area contributed by atoms with Crippen molar-refractivity contribution in [3.63, 3.8) is 0 Å². The van der Waals surface area contributed by atoms with E-state index in [0.29, 0.717) is 17.9 Å². The van der Waals surface area contributed by atoms with Crippen LogP contribution in [0.4, 0.5) is 4.39 Å². The summed E-state index contributed by atoms with van der Waals surface area (Å²) in [6, 6.07) is 15.1. The average molecular weight is 452 g/mol. The number of benzene rings is 2. The smallest absolute Gasteiger partial charge is 0.273 e. The fourth-order valence-electron chi connectivity index (χ4n) is 3.38. The third-order valence-electron chi connectivity index (χ3n) is 5.28. The first-order chi connectivity index (χ1) is 15.7. The first-order valence-electron chi connectivity index (χ1n) is 11.1. The molecule has 0 spiro atoms. The molecule has 0 saturated carbocycles. The van der Waals surface area contributed by atoms with E-state index in [1.807, 2.05) is 31.2 Å². The lowest BCUT2D eigenvalue weighted by Crippen LogP contribution is -2.31. The molecule has 174 valence electrons. The van der Waals surface area contributed by atoms with Gasteiger partial charge in [-0.3, -0.25) is 9.59 Å². The summed E-state index contributed by atoms with van der Waals surface area (Å²) in [6.45, 7) is 9.39. The van der Waals surface area contributed by atoms with Crippen molar-refractivity contribution in [2.75, 3.05) is 6.54 Å². The molecule has 7 heteroatoms. The first kappa shape index (κ1) is 24.2. The molecule has 2 aromatic carbocycles. The van der Waals surface area contributed by atoms with Crippen LogP contribution < -0.4 is 5.32 Å². The molecule has 3 aromatic rings. The second-order valence-electron chi connectivity index (χ2n) is 9.04. The number of carbonyl (C=O) groups excluding carboxylic acids is 2. The van der Waals surface area contributed by atoms with Gasteiger partial charge in [-0.2, -0.15) is 0 Å². The van der Waals surface area contributed by atoms with Gasteiger partial charge in [-0.1, -0.05) is 57.1 Å². The predicted molar refractivity (Wildman–Crippen MR) is 124 cm³/mol. The molecule has 0 aliphatic heterocycles. The molecule has 1 aromatic heterocycles. The van der Waals surface area contributed by atoms with Crippen molar-refractivity contribution < 1.29 is 18.5 Å². The topological polar surface area (TPSA) is 75.4 Å². The van der Waals surface area contributed by atoms with E-state index in [9.17, 15) is 14.0 Å². The van der Waals surface area contributed by atoms with Gasteiger partial charge >= 0.3 is 0 Å². The maximum Gasteiger partial charge on any atom is 0.273 e. The van der Waals surface area contributed by atoms with Gasteiger partial charge in [-0.25, -0.2) is 4.39 Å². The minimum Gasteiger partial charge on any atom is -0.359 e. The van der Waals surface area contributed by atoms with Crippen molar-refractivity contribution in [2.24, 2.45) is 0 Å². The molecular formula is C26H30FN3O3. The SMILES string of the molecule is CCCN(Cc1cc(C(=O)NCc2ccc(F)cc2)no1)C(=O)c1ccc(C(C)(C)C)cc1. The Bertz CT molecular complexity index is 1080. The van der Waals surface area contributed by atoms with Gasteiger partial charge in [0.25, 0.3) is 11.8 Å². The van der Waals surface area contributed by atoms with Crippen LogP contribution in [0.25, 0.3) is 0 Å². The largest absolute Gasteiger partial charge is 0.359 e. The van der Waals surface area contributed by atoms with E-state index in [0.717, 1.165) is 17.5 Å². The zero-order valence-electron chi connectivity index (χ0n) is 19.5. The molecule has 6 nitrogen and oxygen atoms in total. The van der Waals surface area contributed by atoms with Crippen LogP contribution in [0.5, 0.6) is 0 Å². The average Bonchev–Trinajstić information content (AvgIpc) is 3.26. The van der Waals surface area contributed by atoms with Gasteiger partial charge in [0, 0.05) is 24.7 Å². The first-order valence-corrected chi connectivity index (χ1v) is 11.1. The highest BCUT2D eigenvalue weighted by atomic mass is 19.1. The van der Waals surface area contributed by atoms with Gasteiger partial charge in [0.15, 0.2) is 11.5 Å². The summed E-state index contributed by atoms with van der Waals surface area (Å²) in [4.78, 5) is 27.2. The Morgan fingerprint density at radius 1 is 1.06 bits per heavy atom. The highest BCUT2D eigenvalue weighted by Crippen LogP contribution is 2.23. The Kier molecular flexibility index (Phi) is 7.63. The number of rotatable bonds is 8. The monoisotopic (exact) mass is 451 g/mol. The van der Waals surface area contributed by atoms with Crippen molar-refractivity contribution in [1.29, 1.82) is 0 Å². The summed E-state index contributed by atoms with van der Waals surface area (Å²) < 4.78 is 18.3. The minimum atomic E-state index is -0.402. The Balaban J connectivity index is 1.64. The Morgan fingerprint density at radius 2 is 1.73 bits per heavy atom. The van der Waals surface area contributed by atoms with Gasteiger partial charge in [0.2, 0.25) is 0 Å². The highest BCUT2D eigenvalue weighted by Gasteiger charge is 2.20. The second-order valence-corrected chi connectivity index (χ2v) is 9.04. The van der Waals surface area contributed by atoms with E-state index in [1.165, 1.54) is 12.1 Å². The van der Waals surface area contributed by atoms with Crippen molar-refractivity contribution >= 4 is 11.8 Å². The molecule has 0 aliphatic rings. The van der Waals surface area contributed by atoms with Crippen LogP contribution in [0.2, 0.25) is 0 Å². The lowest BCUT2D eigenvalue weighted by Gasteiger charge is -2.22. The molecule has 33 heavy (non-hydrogen) atoms. The summed E-state index contributed by atoms with van der Waals surface area (Å²) >= 11 is 0. The summed E-state index contributed by atoms with van der Waals surface area (Å²) in [5, 5.41) is 6.57. The zero-order chi connectivity index (χ0) is 24.0. The summed E-state index contributed by atoms with van der Waals surface area (Å²) in [6.07, 6.45) is 0.783. The van der Waals surface area contributed by atoms with Crippen LogP contribution in [0, 0.1) is 5.82 Å². The Morgan fingerprint density at radius 3 is 2.33 bits per heavy atom. The van der Waals surface area contributed by atoms with Gasteiger partial charge in [-0.05, 0) is 47.2 Å². The number of amides is 2. The normalized spacial score (nSPS) is 11.3. The number of halogens is 1. The molecule has 1 N–H and O–H groups in total. The fourth-order valence-corrected chi connectivity index (χ4v) is 3.38. The van der Waals surface area contributed by atoms with Crippen molar-refractivity contribution in [1.82, 2.24) is 15.4 Å². The standard InChI is InChI=1S/C26H30FN3O3/c1-5-14-30(25(32)19-8-10-20(11-9-19)26(2,3)4)17-22-15-23(29-33-22)24(31)28-16-18-6-12-21(27)13-7-18/h6-13,15H,5,14,16-17H2,1-4H3,(H,28,31). The van der Waals surface area contributed by atoms with Gasteiger partial charge in [0.05, 0.1) is 6.54 Å². The van der Waals surface area contributed by atoms with E-state index in [1.54, 1.807) is 23.1 Å². The number of nitrogens with one attached hydrogen (secondary N) is 1. The molecule has 0 saturated heterocycles. The van der Waals surface area contributed by atoms with Crippen LogP contribution >= 0.6 is 0 Å². The van der Waals surface area contributed by atoms with Crippen LogP contribution in [-0.4, -0.2) is 28.4 Å². The molecule has 0 fully saturated rings. The Hall–Kier alpha value is -3.48. The van der Waals surface area contributed by atoms with Crippen LogP contribution in [0.1, 0.15) is 71.8 Å². The van der Waals surface area contributed by atoms with Gasteiger partial charge < -0.3 is 14.7 Å². The van der Waals surface area contributed by atoms with Gasteiger partial charge in [0.1, 0.15) is 5.82 Å². The van der Waals surface area contributed by atoms with Crippen LogP contribution in [-0.2, 0) is 18.5 Å². The van der Waals surface area contributed by atoms with E-state index in [-0.39, 0.29) is 35.9 Å². The third kappa shape index (κ3) is 6.51. The quantitative estimate of drug-likeness (QED) is 0.517. The molecule has 0 bridgehead atoms.